The molecule has 3 aliphatic rings. The van der Waals surface area contributed by atoms with Crippen LogP contribution in [0.5, 0.6) is 0 Å². The Hall–Kier alpha value is -5.95. The van der Waals surface area contributed by atoms with Crippen molar-refractivity contribution in [2.75, 3.05) is 46.3 Å². The average Bonchev–Trinajstić information content (AvgIpc) is 4.04. The largest absolute Gasteiger partial charge is 0.465 e. The van der Waals surface area contributed by atoms with Crippen molar-refractivity contribution in [2.45, 2.75) is 43.8 Å². The standard InChI is InChI=1S/C41H45N9O4/c1-47-21-23-48(24-22-47)41(54)50-20-6-10-35(50)38-43-26-33(45-38)30-17-13-28(14-18-30)27-11-15-29(16-12-27)32-25-42-37(44-32)34-9-5-19-49(34)39(51)36(46-40(52)53)31-7-3-2-4-8-31/h2-4,7-8,11-18,25-26,34-36,46H,5-6,9-10,19-24H2,1H3,(H,42,44)(H,43,45)(H,52,53)/t34-,35-,36+/m0/s1. The Balaban J connectivity index is 0.919. The Bertz CT molecular complexity index is 2090. The zero-order valence-electron chi connectivity index (χ0n) is 30.3. The summed E-state index contributed by atoms with van der Waals surface area (Å²) in [4.78, 5) is 63.0. The van der Waals surface area contributed by atoms with E-state index in [1.807, 2.05) is 22.1 Å². The maximum absolute atomic E-state index is 13.7. The molecule has 3 saturated heterocycles. The summed E-state index contributed by atoms with van der Waals surface area (Å²) in [5.41, 5.74) is 6.53. The number of carboxylic acid groups (broad SMARTS) is 1. The molecule has 5 heterocycles. The zero-order chi connectivity index (χ0) is 37.2. The SMILES string of the molecule is CN1CCN(C(=O)N2CCC[C@H]2c2ncc(-c3ccc(-c4ccc(-c5cnc([C@@H]6CCCN6C(=O)[C@H](NC(=O)O)c6ccccc6)[nH]5)cc4)cc3)[nH]2)CC1. The zero-order valence-corrected chi connectivity index (χ0v) is 30.3. The lowest BCUT2D eigenvalue weighted by Gasteiger charge is -2.36. The normalized spacial score (nSPS) is 19.6. The fraction of sp³-hybridized carbons (Fsp3) is 0.341. The highest BCUT2D eigenvalue weighted by Gasteiger charge is 2.37. The molecule has 0 bridgehead atoms. The molecular weight excluding hydrogens is 683 g/mol. The topological polar surface area (TPSA) is 154 Å². The highest BCUT2D eigenvalue weighted by atomic mass is 16.4. The van der Waals surface area contributed by atoms with E-state index in [2.05, 4.69) is 80.7 Å². The molecule has 13 heteroatoms. The molecule has 3 fully saturated rings. The fourth-order valence-corrected chi connectivity index (χ4v) is 7.99. The third-order valence-electron chi connectivity index (χ3n) is 11.0. The molecule has 0 aliphatic carbocycles. The third-order valence-corrected chi connectivity index (χ3v) is 11.0. The first-order valence-corrected chi connectivity index (χ1v) is 18.7. The third kappa shape index (κ3) is 7.19. The van der Waals surface area contributed by atoms with Gasteiger partial charge in [-0.3, -0.25) is 4.79 Å². The molecule has 0 radical (unpaired) electrons. The van der Waals surface area contributed by atoms with Crippen molar-refractivity contribution < 1.29 is 19.5 Å². The minimum Gasteiger partial charge on any atom is -0.465 e. The highest BCUT2D eigenvalue weighted by molar-refractivity contribution is 5.87. The number of H-pyrrole nitrogens is 2. The first kappa shape index (κ1) is 35.1. The van der Waals surface area contributed by atoms with Crippen LogP contribution < -0.4 is 5.32 Å². The number of aromatic amines is 2. The first-order valence-electron chi connectivity index (χ1n) is 18.7. The van der Waals surface area contributed by atoms with Gasteiger partial charge in [-0.2, -0.15) is 0 Å². The lowest BCUT2D eigenvalue weighted by atomic mass is 10.0. The van der Waals surface area contributed by atoms with E-state index in [1.54, 1.807) is 35.4 Å². The molecule has 4 amide bonds. The van der Waals surface area contributed by atoms with Gasteiger partial charge in [-0.05, 0) is 60.5 Å². The molecule has 13 nitrogen and oxygen atoms in total. The van der Waals surface area contributed by atoms with Crippen molar-refractivity contribution in [1.82, 2.24) is 44.9 Å². The average molecular weight is 728 g/mol. The van der Waals surface area contributed by atoms with Gasteiger partial charge in [0.15, 0.2) is 0 Å². The van der Waals surface area contributed by atoms with Crippen LogP contribution in [0.25, 0.3) is 33.6 Å². The van der Waals surface area contributed by atoms with Crippen molar-refractivity contribution in [1.29, 1.82) is 0 Å². The summed E-state index contributed by atoms with van der Waals surface area (Å²) < 4.78 is 0. The number of benzene rings is 3. The van der Waals surface area contributed by atoms with Crippen molar-refractivity contribution >= 4 is 18.0 Å². The van der Waals surface area contributed by atoms with Crippen molar-refractivity contribution in [2.24, 2.45) is 0 Å². The molecule has 8 rings (SSSR count). The first-order chi connectivity index (χ1) is 26.3. The fourth-order valence-electron chi connectivity index (χ4n) is 7.99. The van der Waals surface area contributed by atoms with Gasteiger partial charge < -0.3 is 40.0 Å². The Kier molecular flexibility index (Phi) is 9.87. The summed E-state index contributed by atoms with van der Waals surface area (Å²) in [6, 6.07) is 24.4. The molecule has 278 valence electrons. The summed E-state index contributed by atoms with van der Waals surface area (Å²) in [7, 11) is 2.09. The van der Waals surface area contributed by atoms with Crippen LogP contribution in [0.3, 0.4) is 0 Å². The summed E-state index contributed by atoms with van der Waals surface area (Å²) in [6.07, 6.45) is 5.81. The summed E-state index contributed by atoms with van der Waals surface area (Å²) in [5.74, 6) is 1.23. The van der Waals surface area contributed by atoms with E-state index in [0.717, 1.165) is 97.9 Å². The number of amides is 4. The number of piperazine rings is 1. The van der Waals surface area contributed by atoms with Gasteiger partial charge in [-0.25, -0.2) is 19.6 Å². The predicted molar refractivity (Wildman–Crippen MR) is 204 cm³/mol. The number of imidazole rings is 2. The van der Waals surface area contributed by atoms with Crippen LogP contribution in [0.2, 0.25) is 0 Å². The van der Waals surface area contributed by atoms with Gasteiger partial charge in [0.25, 0.3) is 5.91 Å². The molecule has 2 aromatic heterocycles. The van der Waals surface area contributed by atoms with Crippen LogP contribution in [0.15, 0.2) is 91.3 Å². The molecule has 3 aromatic carbocycles. The Morgan fingerprint density at radius 3 is 1.72 bits per heavy atom. The van der Waals surface area contributed by atoms with Gasteiger partial charge in [-0.15, -0.1) is 0 Å². The molecule has 54 heavy (non-hydrogen) atoms. The Labute approximate surface area is 314 Å². The maximum Gasteiger partial charge on any atom is 0.405 e. The predicted octanol–water partition coefficient (Wildman–Crippen LogP) is 6.31. The second-order valence-corrected chi connectivity index (χ2v) is 14.4. The Morgan fingerprint density at radius 1 is 0.685 bits per heavy atom. The molecule has 5 aromatic rings. The minimum atomic E-state index is -1.25. The van der Waals surface area contributed by atoms with Crippen LogP contribution in [0, 0.1) is 0 Å². The van der Waals surface area contributed by atoms with Crippen LogP contribution in [0.4, 0.5) is 9.59 Å². The quantitative estimate of drug-likeness (QED) is 0.146. The monoisotopic (exact) mass is 727 g/mol. The number of aromatic nitrogens is 4. The van der Waals surface area contributed by atoms with Crippen molar-refractivity contribution in [3.05, 3.63) is 108 Å². The second kappa shape index (κ2) is 15.2. The minimum absolute atomic E-state index is 0.0395. The number of nitrogens with zero attached hydrogens (tertiary/aromatic N) is 6. The van der Waals surface area contributed by atoms with Crippen LogP contribution >= 0.6 is 0 Å². The number of likely N-dealkylation sites (tertiary alicyclic amines) is 2. The smallest absolute Gasteiger partial charge is 0.405 e. The number of nitrogens with one attached hydrogen (secondary N) is 3. The number of rotatable bonds is 8. The van der Waals surface area contributed by atoms with Crippen LogP contribution in [-0.4, -0.2) is 109 Å². The van der Waals surface area contributed by atoms with Crippen molar-refractivity contribution in [3.8, 4) is 33.6 Å². The number of urea groups is 1. The van der Waals surface area contributed by atoms with E-state index in [-0.39, 0.29) is 24.0 Å². The Morgan fingerprint density at radius 2 is 1.19 bits per heavy atom. The number of hydrogen-bond donors (Lipinski definition) is 4. The van der Waals surface area contributed by atoms with Gasteiger partial charge in [0.2, 0.25) is 0 Å². The van der Waals surface area contributed by atoms with E-state index >= 15 is 0 Å². The molecular formula is C41H45N9O4. The van der Waals surface area contributed by atoms with Crippen LogP contribution in [-0.2, 0) is 4.79 Å². The highest BCUT2D eigenvalue weighted by Crippen LogP contribution is 2.35. The summed E-state index contributed by atoms with van der Waals surface area (Å²) in [5, 5.41) is 11.9. The van der Waals surface area contributed by atoms with Gasteiger partial charge in [0.1, 0.15) is 17.7 Å². The lowest BCUT2D eigenvalue weighted by molar-refractivity contribution is -0.134. The summed E-state index contributed by atoms with van der Waals surface area (Å²) in [6.45, 7) is 4.60. The number of hydrogen-bond acceptors (Lipinski definition) is 6. The van der Waals surface area contributed by atoms with Gasteiger partial charge in [-0.1, -0.05) is 78.9 Å². The van der Waals surface area contributed by atoms with E-state index in [1.165, 1.54) is 0 Å². The maximum atomic E-state index is 13.7. The molecule has 3 atom stereocenters. The van der Waals surface area contributed by atoms with Crippen molar-refractivity contribution in [3.63, 3.8) is 0 Å². The molecule has 3 aliphatic heterocycles. The number of carbonyl (C=O) groups excluding carboxylic acids is 2. The van der Waals surface area contributed by atoms with E-state index < -0.39 is 12.1 Å². The van der Waals surface area contributed by atoms with E-state index in [9.17, 15) is 19.5 Å². The van der Waals surface area contributed by atoms with Gasteiger partial charge >= 0.3 is 12.1 Å². The number of carbonyl (C=O) groups is 3. The van der Waals surface area contributed by atoms with Gasteiger partial charge in [0, 0.05) is 39.3 Å². The van der Waals surface area contributed by atoms with Crippen LogP contribution in [0.1, 0.15) is 61.0 Å². The number of likely N-dealkylation sites (N-methyl/N-ethyl adjacent to an activating group) is 1. The molecule has 0 saturated carbocycles. The molecule has 0 unspecified atom stereocenters. The lowest BCUT2D eigenvalue weighted by Crippen LogP contribution is -2.51. The second-order valence-electron chi connectivity index (χ2n) is 14.4. The van der Waals surface area contributed by atoms with E-state index in [4.69, 9.17) is 4.98 Å². The van der Waals surface area contributed by atoms with E-state index in [0.29, 0.717) is 17.9 Å². The summed E-state index contributed by atoms with van der Waals surface area (Å²) >= 11 is 0. The molecule has 4 N–H and O–H groups in total. The molecule has 0 spiro atoms. The van der Waals surface area contributed by atoms with Gasteiger partial charge in [0.05, 0.1) is 35.9 Å².